The number of nitrogens with two attached hydrogens (primary N) is 1. The molecule has 3 N–H and O–H groups in total. The van der Waals surface area contributed by atoms with Gasteiger partial charge >= 0.3 is 0 Å². The van der Waals surface area contributed by atoms with E-state index in [-0.39, 0.29) is 0 Å². The Bertz CT molecular complexity index is 557. The monoisotopic (exact) mass is 276 g/mol. The Morgan fingerprint density at radius 3 is 2.79 bits per heavy atom. The number of halogens is 1. The molecular weight excluding hydrogens is 260 g/mol. The van der Waals surface area contributed by atoms with Crippen LogP contribution >= 0.6 is 11.6 Å². The van der Waals surface area contributed by atoms with Crippen molar-refractivity contribution in [1.82, 2.24) is 9.97 Å². The Kier molecular flexibility index (Phi) is 4.71. The standard InChI is InChI=1S/C14H17ClN4/c1-10-13(17-8-4-7-16)9-18-14(19-10)11-5-2-3-6-12(11)15/h2-3,5-6,9,17H,4,7-8,16H2,1H3. The molecule has 4 nitrogen and oxygen atoms in total. The number of benzene rings is 1. The second kappa shape index (κ2) is 6.50. The van der Waals surface area contributed by atoms with Crippen LogP contribution in [0.15, 0.2) is 30.5 Å². The molecule has 100 valence electrons. The molecule has 0 saturated heterocycles. The lowest BCUT2D eigenvalue weighted by Gasteiger charge is -2.09. The van der Waals surface area contributed by atoms with Crippen molar-refractivity contribution in [2.75, 3.05) is 18.4 Å². The Morgan fingerprint density at radius 1 is 1.32 bits per heavy atom. The maximum absolute atomic E-state index is 6.14. The van der Waals surface area contributed by atoms with E-state index in [9.17, 15) is 0 Å². The lowest BCUT2D eigenvalue weighted by Crippen LogP contribution is -2.10. The molecule has 5 heteroatoms. The third-order valence-electron chi connectivity index (χ3n) is 2.79. The van der Waals surface area contributed by atoms with Gasteiger partial charge in [0.15, 0.2) is 5.82 Å². The number of anilines is 1. The van der Waals surface area contributed by atoms with Crippen LogP contribution < -0.4 is 11.1 Å². The molecule has 0 amide bonds. The zero-order chi connectivity index (χ0) is 13.7. The van der Waals surface area contributed by atoms with Crippen molar-refractivity contribution in [3.63, 3.8) is 0 Å². The fraction of sp³-hybridized carbons (Fsp3) is 0.286. The summed E-state index contributed by atoms with van der Waals surface area (Å²) in [5, 5.41) is 3.93. The predicted octanol–water partition coefficient (Wildman–Crippen LogP) is 2.87. The average Bonchev–Trinajstić information content (AvgIpc) is 2.41. The number of aryl methyl sites for hydroxylation is 1. The molecule has 1 aromatic carbocycles. The topological polar surface area (TPSA) is 63.8 Å². The minimum atomic E-state index is 0.646. The molecular formula is C14H17ClN4. The molecule has 0 fully saturated rings. The first-order valence-corrected chi connectivity index (χ1v) is 6.62. The minimum absolute atomic E-state index is 0.646. The van der Waals surface area contributed by atoms with Crippen molar-refractivity contribution >= 4 is 17.3 Å². The Hall–Kier alpha value is -1.65. The van der Waals surface area contributed by atoms with Gasteiger partial charge in [0.1, 0.15) is 0 Å². The highest BCUT2D eigenvalue weighted by atomic mass is 35.5. The average molecular weight is 277 g/mol. The summed E-state index contributed by atoms with van der Waals surface area (Å²) in [6.07, 6.45) is 2.71. The summed E-state index contributed by atoms with van der Waals surface area (Å²) in [5.74, 6) is 0.646. The lowest BCUT2D eigenvalue weighted by atomic mass is 10.2. The summed E-state index contributed by atoms with van der Waals surface area (Å²) in [6, 6.07) is 7.57. The molecule has 1 aromatic heterocycles. The van der Waals surface area contributed by atoms with Gasteiger partial charge in [0.25, 0.3) is 0 Å². The van der Waals surface area contributed by atoms with Crippen LogP contribution in [-0.4, -0.2) is 23.1 Å². The van der Waals surface area contributed by atoms with E-state index in [1.165, 1.54) is 0 Å². The van der Waals surface area contributed by atoms with Crippen LogP contribution in [0, 0.1) is 6.92 Å². The molecule has 0 aliphatic rings. The molecule has 19 heavy (non-hydrogen) atoms. The SMILES string of the molecule is Cc1nc(-c2ccccc2Cl)ncc1NCCCN. The summed E-state index contributed by atoms with van der Waals surface area (Å²) < 4.78 is 0. The van der Waals surface area contributed by atoms with E-state index in [2.05, 4.69) is 15.3 Å². The highest BCUT2D eigenvalue weighted by molar-refractivity contribution is 6.33. The van der Waals surface area contributed by atoms with Crippen molar-refractivity contribution in [1.29, 1.82) is 0 Å². The van der Waals surface area contributed by atoms with Gasteiger partial charge in [-0.15, -0.1) is 0 Å². The first-order chi connectivity index (χ1) is 9.22. The predicted molar refractivity (Wildman–Crippen MR) is 79.4 cm³/mol. The zero-order valence-electron chi connectivity index (χ0n) is 10.9. The van der Waals surface area contributed by atoms with Gasteiger partial charge in [-0.3, -0.25) is 0 Å². The smallest absolute Gasteiger partial charge is 0.161 e. The van der Waals surface area contributed by atoms with Crippen molar-refractivity contribution < 1.29 is 0 Å². The highest BCUT2D eigenvalue weighted by Crippen LogP contribution is 2.25. The van der Waals surface area contributed by atoms with E-state index < -0.39 is 0 Å². The van der Waals surface area contributed by atoms with Crippen LogP contribution in [0.5, 0.6) is 0 Å². The summed E-state index contributed by atoms with van der Waals surface area (Å²) in [5.41, 5.74) is 8.15. The van der Waals surface area contributed by atoms with Crippen LogP contribution in [0.3, 0.4) is 0 Å². The molecule has 0 spiro atoms. The summed E-state index contributed by atoms with van der Waals surface area (Å²) >= 11 is 6.14. The first-order valence-electron chi connectivity index (χ1n) is 6.25. The van der Waals surface area contributed by atoms with Gasteiger partial charge in [-0.1, -0.05) is 23.7 Å². The molecule has 0 aliphatic heterocycles. The lowest BCUT2D eigenvalue weighted by molar-refractivity contribution is 0.870. The Balaban J connectivity index is 2.21. The molecule has 0 radical (unpaired) electrons. The number of hydrogen-bond acceptors (Lipinski definition) is 4. The molecule has 1 heterocycles. The van der Waals surface area contributed by atoms with Crippen LogP contribution in [0.25, 0.3) is 11.4 Å². The zero-order valence-corrected chi connectivity index (χ0v) is 11.6. The van der Waals surface area contributed by atoms with Crippen molar-refractivity contribution in [3.05, 3.63) is 41.2 Å². The van der Waals surface area contributed by atoms with Crippen LogP contribution in [-0.2, 0) is 0 Å². The van der Waals surface area contributed by atoms with E-state index in [4.69, 9.17) is 17.3 Å². The number of aromatic nitrogens is 2. The van der Waals surface area contributed by atoms with Gasteiger partial charge < -0.3 is 11.1 Å². The number of rotatable bonds is 5. The van der Waals surface area contributed by atoms with Crippen LogP contribution in [0.2, 0.25) is 5.02 Å². The number of nitrogens with zero attached hydrogens (tertiary/aromatic N) is 2. The van der Waals surface area contributed by atoms with Gasteiger partial charge in [0, 0.05) is 12.1 Å². The van der Waals surface area contributed by atoms with E-state index in [0.29, 0.717) is 17.4 Å². The Morgan fingerprint density at radius 2 is 2.11 bits per heavy atom. The van der Waals surface area contributed by atoms with Gasteiger partial charge in [-0.2, -0.15) is 0 Å². The summed E-state index contributed by atoms with van der Waals surface area (Å²) in [7, 11) is 0. The second-order valence-electron chi connectivity index (χ2n) is 4.24. The second-order valence-corrected chi connectivity index (χ2v) is 4.65. The normalized spacial score (nSPS) is 10.5. The van der Waals surface area contributed by atoms with E-state index in [1.54, 1.807) is 6.20 Å². The third-order valence-corrected chi connectivity index (χ3v) is 3.12. The fourth-order valence-corrected chi connectivity index (χ4v) is 1.96. The molecule has 0 bridgehead atoms. The minimum Gasteiger partial charge on any atom is -0.382 e. The maximum Gasteiger partial charge on any atom is 0.161 e. The largest absolute Gasteiger partial charge is 0.382 e. The van der Waals surface area contributed by atoms with E-state index >= 15 is 0 Å². The Labute approximate surface area is 118 Å². The van der Waals surface area contributed by atoms with Gasteiger partial charge in [-0.25, -0.2) is 9.97 Å². The van der Waals surface area contributed by atoms with Crippen LogP contribution in [0.4, 0.5) is 5.69 Å². The van der Waals surface area contributed by atoms with Crippen molar-refractivity contribution in [2.45, 2.75) is 13.3 Å². The van der Waals surface area contributed by atoms with Crippen molar-refractivity contribution in [2.24, 2.45) is 5.73 Å². The summed E-state index contributed by atoms with van der Waals surface area (Å²) in [4.78, 5) is 8.85. The van der Waals surface area contributed by atoms with Gasteiger partial charge in [0.2, 0.25) is 0 Å². The molecule has 0 atom stereocenters. The molecule has 0 aliphatic carbocycles. The van der Waals surface area contributed by atoms with Crippen LogP contribution in [0.1, 0.15) is 12.1 Å². The third kappa shape index (κ3) is 3.43. The van der Waals surface area contributed by atoms with Gasteiger partial charge in [0.05, 0.1) is 22.6 Å². The van der Waals surface area contributed by atoms with Gasteiger partial charge in [-0.05, 0) is 32.0 Å². The highest BCUT2D eigenvalue weighted by Gasteiger charge is 2.08. The van der Waals surface area contributed by atoms with E-state index in [0.717, 1.165) is 29.9 Å². The fourth-order valence-electron chi connectivity index (χ4n) is 1.74. The van der Waals surface area contributed by atoms with E-state index in [1.807, 2.05) is 31.2 Å². The van der Waals surface area contributed by atoms with Crippen molar-refractivity contribution in [3.8, 4) is 11.4 Å². The maximum atomic E-state index is 6.14. The summed E-state index contributed by atoms with van der Waals surface area (Å²) in [6.45, 7) is 3.45. The molecule has 0 saturated carbocycles. The number of hydrogen-bond donors (Lipinski definition) is 2. The first kappa shape index (κ1) is 13.8. The quantitative estimate of drug-likeness (QED) is 0.824. The molecule has 2 aromatic rings. The molecule has 2 rings (SSSR count). The number of nitrogens with one attached hydrogen (secondary N) is 1. The molecule has 0 unspecified atom stereocenters.